The van der Waals surface area contributed by atoms with Gasteiger partial charge in [0.15, 0.2) is 0 Å². The third-order valence-corrected chi connectivity index (χ3v) is 3.55. The summed E-state index contributed by atoms with van der Waals surface area (Å²) in [5, 5.41) is 0. The highest BCUT2D eigenvalue weighted by atomic mass is 19.1. The summed E-state index contributed by atoms with van der Waals surface area (Å²) in [6, 6.07) is 13.0. The molecule has 2 aromatic rings. The Bertz CT molecular complexity index is 588. The van der Waals surface area contributed by atoms with Gasteiger partial charge in [-0.05, 0) is 56.0 Å². The van der Waals surface area contributed by atoms with Crippen molar-refractivity contribution in [2.45, 2.75) is 32.7 Å². The fourth-order valence-electron chi connectivity index (χ4n) is 2.33. The van der Waals surface area contributed by atoms with Gasteiger partial charge in [-0.15, -0.1) is 0 Å². The number of aryl methyl sites for hydroxylation is 2. The smallest absolute Gasteiger partial charge is 0.123 e. The molecule has 1 unspecified atom stereocenters. The summed E-state index contributed by atoms with van der Waals surface area (Å²) in [7, 11) is 0. The molecule has 19 heavy (non-hydrogen) atoms. The molecule has 0 saturated carbocycles. The molecule has 0 aliphatic carbocycles. The Kier molecular flexibility index (Phi) is 3.72. The van der Waals surface area contributed by atoms with E-state index >= 15 is 0 Å². The molecule has 2 N–H and O–H groups in total. The molecule has 0 aliphatic rings. The number of rotatable bonds is 3. The van der Waals surface area contributed by atoms with Crippen molar-refractivity contribution in [2.75, 3.05) is 0 Å². The van der Waals surface area contributed by atoms with Crippen molar-refractivity contribution in [3.05, 3.63) is 70.5 Å². The maximum Gasteiger partial charge on any atom is 0.123 e. The molecule has 2 rings (SSSR count). The van der Waals surface area contributed by atoms with Crippen molar-refractivity contribution in [1.82, 2.24) is 0 Å². The Morgan fingerprint density at radius 1 is 1.11 bits per heavy atom. The van der Waals surface area contributed by atoms with Gasteiger partial charge >= 0.3 is 0 Å². The minimum atomic E-state index is -0.495. The van der Waals surface area contributed by atoms with E-state index in [9.17, 15) is 4.39 Å². The van der Waals surface area contributed by atoms with Gasteiger partial charge in [-0.3, -0.25) is 0 Å². The van der Waals surface area contributed by atoms with Crippen LogP contribution in [0, 0.1) is 19.7 Å². The average molecular weight is 257 g/mol. The second kappa shape index (κ2) is 5.14. The van der Waals surface area contributed by atoms with Crippen molar-refractivity contribution in [1.29, 1.82) is 0 Å². The Morgan fingerprint density at radius 2 is 1.84 bits per heavy atom. The number of nitrogens with two attached hydrogens (primary N) is 1. The summed E-state index contributed by atoms with van der Waals surface area (Å²) in [5.41, 5.74) is 10.2. The zero-order valence-corrected chi connectivity index (χ0v) is 11.7. The zero-order valence-electron chi connectivity index (χ0n) is 11.7. The van der Waals surface area contributed by atoms with Crippen LogP contribution in [0.1, 0.15) is 29.2 Å². The molecule has 0 fully saturated rings. The normalized spacial score (nSPS) is 14.2. The molecule has 0 aliphatic heterocycles. The Hall–Kier alpha value is -1.67. The third-order valence-electron chi connectivity index (χ3n) is 3.55. The molecule has 1 atom stereocenters. The quantitative estimate of drug-likeness (QED) is 0.887. The fraction of sp³-hybridized carbons (Fsp3) is 0.294. The minimum Gasteiger partial charge on any atom is -0.321 e. The van der Waals surface area contributed by atoms with Gasteiger partial charge in [-0.25, -0.2) is 4.39 Å². The van der Waals surface area contributed by atoms with Crippen LogP contribution in [0.5, 0.6) is 0 Å². The summed E-state index contributed by atoms with van der Waals surface area (Å²) in [5.74, 6) is -0.208. The summed E-state index contributed by atoms with van der Waals surface area (Å²) in [4.78, 5) is 0. The number of halogens is 1. The van der Waals surface area contributed by atoms with Crippen LogP contribution in [0.15, 0.2) is 42.5 Å². The van der Waals surface area contributed by atoms with Crippen molar-refractivity contribution >= 4 is 0 Å². The molecule has 2 aromatic carbocycles. The molecule has 1 nitrogen and oxygen atoms in total. The molecular weight excluding hydrogens is 237 g/mol. The molecule has 0 spiro atoms. The Morgan fingerprint density at radius 3 is 2.53 bits per heavy atom. The van der Waals surface area contributed by atoms with Crippen LogP contribution < -0.4 is 5.73 Å². The fourth-order valence-corrected chi connectivity index (χ4v) is 2.33. The summed E-state index contributed by atoms with van der Waals surface area (Å²) in [6.45, 7) is 6.03. The summed E-state index contributed by atoms with van der Waals surface area (Å²) >= 11 is 0. The van der Waals surface area contributed by atoms with Gasteiger partial charge in [-0.1, -0.05) is 35.9 Å². The van der Waals surface area contributed by atoms with Crippen LogP contribution in [0.2, 0.25) is 0 Å². The lowest BCUT2D eigenvalue weighted by molar-refractivity contribution is 0.488. The lowest BCUT2D eigenvalue weighted by atomic mass is 9.85. The molecule has 0 radical (unpaired) electrons. The van der Waals surface area contributed by atoms with Gasteiger partial charge in [0.05, 0.1) is 0 Å². The molecule has 0 saturated heterocycles. The highest BCUT2D eigenvalue weighted by Gasteiger charge is 2.22. The topological polar surface area (TPSA) is 26.0 Å². The molecule has 2 heteroatoms. The minimum absolute atomic E-state index is 0.208. The first kappa shape index (κ1) is 13.8. The summed E-state index contributed by atoms with van der Waals surface area (Å²) in [6.07, 6.45) is 0.625. The van der Waals surface area contributed by atoms with Gasteiger partial charge in [0.25, 0.3) is 0 Å². The Labute approximate surface area is 114 Å². The second-order valence-electron chi connectivity index (χ2n) is 5.53. The third kappa shape index (κ3) is 3.21. The average Bonchev–Trinajstić information content (AvgIpc) is 2.33. The predicted molar refractivity (Wildman–Crippen MR) is 77.6 cm³/mol. The van der Waals surface area contributed by atoms with E-state index in [1.165, 1.54) is 11.6 Å². The molecule has 0 amide bonds. The molecule has 0 bridgehead atoms. The van der Waals surface area contributed by atoms with Crippen LogP contribution >= 0.6 is 0 Å². The van der Waals surface area contributed by atoms with Gasteiger partial charge in [0, 0.05) is 5.54 Å². The predicted octanol–water partition coefficient (Wildman–Crippen LogP) is 3.86. The molecular formula is C17H20FN. The summed E-state index contributed by atoms with van der Waals surface area (Å²) < 4.78 is 13.3. The number of hydrogen-bond donors (Lipinski definition) is 1. The second-order valence-corrected chi connectivity index (χ2v) is 5.53. The first-order valence-corrected chi connectivity index (χ1v) is 6.49. The van der Waals surface area contributed by atoms with E-state index in [4.69, 9.17) is 5.73 Å². The van der Waals surface area contributed by atoms with E-state index in [1.54, 1.807) is 12.1 Å². The van der Waals surface area contributed by atoms with Crippen LogP contribution in [0.3, 0.4) is 0 Å². The lowest BCUT2D eigenvalue weighted by Crippen LogP contribution is -2.35. The monoisotopic (exact) mass is 257 g/mol. The Balaban J connectivity index is 2.33. The van der Waals surface area contributed by atoms with Crippen LogP contribution in [0.25, 0.3) is 0 Å². The lowest BCUT2D eigenvalue weighted by Gasteiger charge is -2.26. The van der Waals surface area contributed by atoms with E-state index in [0.29, 0.717) is 6.42 Å². The SMILES string of the molecule is Cc1cccc(C(C)(N)Cc2cc(F)ccc2C)c1. The van der Waals surface area contributed by atoms with Gasteiger partial charge in [0.2, 0.25) is 0 Å². The van der Waals surface area contributed by atoms with Crippen molar-refractivity contribution in [3.8, 4) is 0 Å². The van der Waals surface area contributed by atoms with Gasteiger partial charge in [-0.2, -0.15) is 0 Å². The van der Waals surface area contributed by atoms with Crippen LogP contribution in [0.4, 0.5) is 4.39 Å². The largest absolute Gasteiger partial charge is 0.321 e. The van der Waals surface area contributed by atoms with E-state index in [-0.39, 0.29) is 5.82 Å². The van der Waals surface area contributed by atoms with E-state index in [2.05, 4.69) is 6.07 Å². The van der Waals surface area contributed by atoms with E-state index in [0.717, 1.165) is 16.7 Å². The van der Waals surface area contributed by atoms with Crippen molar-refractivity contribution < 1.29 is 4.39 Å². The van der Waals surface area contributed by atoms with Gasteiger partial charge < -0.3 is 5.73 Å². The number of benzene rings is 2. The maximum atomic E-state index is 13.3. The number of hydrogen-bond acceptors (Lipinski definition) is 1. The molecule has 0 heterocycles. The van der Waals surface area contributed by atoms with Crippen LogP contribution in [-0.2, 0) is 12.0 Å². The van der Waals surface area contributed by atoms with Crippen molar-refractivity contribution in [3.63, 3.8) is 0 Å². The van der Waals surface area contributed by atoms with Crippen LogP contribution in [-0.4, -0.2) is 0 Å². The molecule has 100 valence electrons. The standard InChI is InChI=1S/C17H20FN/c1-12-5-4-6-15(9-12)17(3,19)11-14-10-16(18)8-7-13(14)2/h4-10H,11,19H2,1-3H3. The highest BCUT2D eigenvalue weighted by Crippen LogP contribution is 2.25. The van der Waals surface area contributed by atoms with E-state index in [1.807, 2.05) is 39.0 Å². The highest BCUT2D eigenvalue weighted by molar-refractivity contribution is 5.33. The first-order chi connectivity index (χ1) is 8.88. The van der Waals surface area contributed by atoms with E-state index < -0.39 is 5.54 Å². The van der Waals surface area contributed by atoms with Crippen molar-refractivity contribution in [2.24, 2.45) is 5.73 Å². The van der Waals surface area contributed by atoms with Gasteiger partial charge in [0.1, 0.15) is 5.82 Å². The zero-order chi connectivity index (χ0) is 14.0. The molecule has 0 aromatic heterocycles. The maximum absolute atomic E-state index is 13.3. The first-order valence-electron chi connectivity index (χ1n) is 6.49.